The van der Waals surface area contributed by atoms with Crippen LogP contribution in [0.4, 0.5) is 8.78 Å². The molecule has 2 heterocycles. The Morgan fingerprint density at radius 1 is 1.13 bits per heavy atom. The molecule has 0 aliphatic carbocycles. The highest BCUT2D eigenvalue weighted by atomic mass is 35.5. The molecule has 1 atom stereocenters. The minimum absolute atomic E-state index is 0.198. The second-order valence-corrected chi connectivity index (χ2v) is 8.02. The molecule has 5 nitrogen and oxygen atoms in total. The molecule has 0 bridgehead atoms. The van der Waals surface area contributed by atoms with E-state index in [1.54, 1.807) is 37.3 Å². The maximum Gasteiger partial charge on any atom is 0.254 e. The van der Waals surface area contributed by atoms with Crippen LogP contribution < -0.4 is 5.32 Å². The fourth-order valence-corrected chi connectivity index (χ4v) is 4.37. The van der Waals surface area contributed by atoms with Gasteiger partial charge in [-0.1, -0.05) is 29.8 Å². The number of aromatic nitrogens is 2. The van der Waals surface area contributed by atoms with Gasteiger partial charge in [0.05, 0.1) is 23.5 Å². The van der Waals surface area contributed by atoms with E-state index in [9.17, 15) is 13.6 Å². The molecule has 31 heavy (non-hydrogen) atoms. The van der Waals surface area contributed by atoms with Crippen molar-refractivity contribution in [3.8, 4) is 5.69 Å². The molecule has 8 heteroatoms. The van der Waals surface area contributed by atoms with Gasteiger partial charge in [0, 0.05) is 17.1 Å². The number of rotatable bonds is 6. The lowest BCUT2D eigenvalue weighted by atomic mass is 10.0. The minimum atomic E-state index is -0.427. The zero-order valence-electron chi connectivity index (χ0n) is 17.1. The third-order valence-electron chi connectivity index (χ3n) is 5.71. The van der Waals surface area contributed by atoms with E-state index in [0.717, 1.165) is 25.9 Å². The number of amides is 1. The van der Waals surface area contributed by atoms with Crippen molar-refractivity contribution < 1.29 is 13.6 Å². The molecule has 162 valence electrons. The minimum Gasteiger partial charge on any atom is -0.350 e. The van der Waals surface area contributed by atoms with Gasteiger partial charge >= 0.3 is 0 Å². The molecule has 3 aromatic rings. The van der Waals surface area contributed by atoms with Crippen molar-refractivity contribution in [3.05, 3.63) is 82.1 Å². The Morgan fingerprint density at radius 2 is 1.84 bits per heavy atom. The average Bonchev–Trinajstić information content (AvgIpc) is 3.40. The first kappa shape index (κ1) is 21.5. The number of hydrogen-bond acceptors (Lipinski definition) is 3. The first-order valence-corrected chi connectivity index (χ1v) is 10.6. The molecule has 1 fully saturated rings. The largest absolute Gasteiger partial charge is 0.350 e. The van der Waals surface area contributed by atoms with Gasteiger partial charge in [-0.05, 0) is 57.1 Å². The number of carbonyl (C=O) groups is 1. The van der Waals surface area contributed by atoms with Crippen LogP contribution in [0.2, 0.25) is 5.02 Å². The monoisotopic (exact) mass is 444 g/mol. The number of nitrogens with zero attached hydrogens (tertiary/aromatic N) is 3. The van der Waals surface area contributed by atoms with Crippen molar-refractivity contribution >= 4 is 17.5 Å². The third kappa shape index (κ3) is 4.34. The van der Waals surface area contributed by atoms with E-state index >= 15 is 0 Å². The Labute approximate surface area is 184 Å². The number of carbonyl (C=O) groups excluding carboxylic acids is 1. The fourth-order valence-electron chi connectivity index (χ4n) is 4.08. The number of nitrogens with one attached hydrogen (secondary N) is 1. The second-order valence-electron chi connectivity index (χ2n) is 7.61. The molecule has 0 radical (unpaired) electrons. The Kier molecular flexibility index (Phi) is 6.34. The first-order valence-electron chi connectivity index (χ1n) is 10.2. The van der Waals surface area contributed by atoms with Gasteiger partial charge in [0.2, 0.25) is 0 Å². The van der Waals surface area contributed by atoms with Gasteiger partial charge in [-0.25, -0.2) is 13.5 Å². The number of halogens is 3. The molecule has 1 aliphatic rings. The van der Waals surface area contributed by atoms with Gasteiger partial charge in [0.25, 0.3) is 5.91 Å². The summed E-state index contributed by atoms with van der Waals surface area (Å²) in [7, 11) is 0. The van der Waals surface area contributed by atoms with Crippen molar-refractivity contribution in [1.29, 1.82) is 0 Å². The van der Waals surface area contributed by atoms with Crippen LogP contribution in [0.15, 0.2) is 48.7 Å². The standard InChI is InChI=1S/C23H23ClF2N4O/c1-15-16(13-28-30(15)20-10-3-2-8-18(20)25)23(31)27-14-21(29-11-4-5-12-29)22-17(24)7-6-9-19(22)26/h2-3,6-10,13,21H,4-5,11-12,14H2,1H3,(H,27,31). The quantitative estimate of drug-likeness (QED) is 0.600. The topological polar surface area (TPSA) is 50.2 Å². The molecule has 1 amide bonds. The van der Waals surface area contributed by atoms with Gasteiger partial charge < -0.3 is 5.32 Å². The Hall–Kier alpha value is -2.77. The molecule has 1 aliphatic heterocycles. The van der Waals surface area contributed by atoms with E-state index in [4.69, 9.17) is 11.6 Å². The van der Waals surface area contributed by atoms with Crippen molar-refractivity contribution in [3.63, 3.8) is 0 Å². The summed E-state index contributed by atoms with van der Waals surface area (Å²) in [5.74, 6) is -1.16. The number of benzene rings is 2. The van der Waals surface area contributed by atoms with Crippen LogP contribution in [0, 0.1) is 18.6 Å². The smallest absolute Gasteiger partial charge is 0.254 e. The maximum atomic E-state index is 14.6. The molecule has 1 saturated heterocycles. The summed E-state index contributed by atoms with van der Waals surface area (Å²) in [5, 5.41) is 7.42. The zero-order chi connectivity index (χ0) is 22.0. The van der Waals surface area contributed by atoms with Gasteiger partial charge in [0.15, 0.2) is 0 Å². The summed E-state index contributed by atoms with van der Waals surface area (Å²) in [6, 6.07) is 10.5. The van der Waals surface area contributed by atoms with Gasteiger partial charge in [-0.3, -0.25) is 9.69 Å². The van der Waals surface area contributed by atoms with Crippen molar-refractivity contribution in [2.45, 2.75) is 25.8 Å². The molecule has 0 spiro atoms. The van der Waals surface area contributed by atoms with E-state index in [1.165, 1.54) is 23.0 Å². The Morgan fingerprint density at radius 3 is 2.55 bits per heavy atom. The van der Waals surface area contributed by atoms with Crippen molar-refractivity contribution in [2.24, 2.45) is 0 Å². The van der Waals surface area contributed by atoms with Gasteiger partial charge in [-0.2, -0.15) is 5.10 Å². The lowest BCUT2D eigenvalue weighted by molar-refractivity contribution is 0.0936. The summed E-state index contributed by atoms with van der Waals surface area (Å²) in [5.41, 5.74) is 1.52. The summed E-state index contributed by atoms with van der Waals surface area (Å²) in [6.07, 6.45) is 3.45. The maximum absolute atomic E-state index is 14.6. The van der Waals surface area contributed by atoms with E-state index in [-0.39, 0.29) is 30.0 Å². The summed E-state index contributed by atoms with van der Waals surface area (Å²) >= 11 is 6.32. The van der Waals surface area contributed by atoms with Crippen molar-refractivity contribution in [2.75, 3.05) is 19.6 Å². The van der Waals surface area contributed by atoms with E-state index in [1.807, 2.05) is 0 Å². The summed E-state index contributed by atoms with van der Waals surface area (Å²) < 4.78 is 30.2. The number of likely N-dealkylation sites (tertiary alicyclic amines) is 1. The predicted octanol–water partition coefficient (Wildman–Crippen LogP) is 4.68. The molecule has 1 unspecified atom stereocenters. The second kappa shape index (κ2) is 9.16. The average molecular weight is 445 g/mol. The van der Waals surface area contributed by atoms with Crippen LogP contribution in [0.5, 0.6) is 0 Å². The zero-order valence-corrected chi connectivity index (χ0v) is 17.9. The van der Waals surface area contributed by atoms with Crippen molar-refractivity contribution in [1.82, 2.24) is 20.0 Å². The highest BCUT2D eigenvalue weighted by molar-refractivity contribution is 6.31. The number of hydrogen-bond donors (Lipinski definition) is 1. The van der Waals surface area contributed by atoms with Gasteiger partial charge in [0.1, 0.15) is 17.3 Å². The van der Waals surface area contributed by atoms with E-state index < -0.39 is 5.82 Å². The first-order chi connectivity index (χ1) is 15.0. The summed E-state index contributed by atoms with van der Waals surface area (Å²) in [4.78, 5) is 15.1. The molecule has 0 saturated carbocycles. The van der Waals surface area contributed by atoms with Crippen LogP contribution in [0.3, 0.4) is 0 Å². The van der Waals surface area contributed by atoms with E-state index in [2.05, 4.69) is 15.3 Å². The van der Waals surface area contributed by atoms with Crippen LogP contribution in [0.1, 0.15) is 40.5 Å². The predicted molar refractivity (Wildman–Crippen MR) is 116 cm³/mol. The third-order valence-corrected chi connectivity index (χ3v) is 6.03. The Balaban J connectivity index is 1.56. The lowest BCUT2D eigenvalue weighted by Crippen LogP contribution is -2.37. The van der Waals surface area contributed by atoms with Crippen LogP contribution in [0.25, 0.3) is 5.69 Å². The molecule has 4 rings (SSSR count). The molecule has 1 aromatic heterocycles. The number of para-hydroxylation sites is 1. The van der Waals surface area contributed by atoms with Crippen LogP contribution in [-0.4, -0.2) is 40.2 Å². The van der Waals surface area contributed by atoms with Crippen LogP contribution in [-0.2, 0) is 0 Å². The van der Waals surface area contributed by atoms with E-state index in [0.29, 0.717) is 21.8 Å². The molecule has 1 N–H and O–H groups in total. The normalized spacial score (nSPS) is 15.2. The van der Waals surface area contributed by atoms with Gasteiger partial charge in [-0.15, -0.1) is 0 Å². The highest BCUT2D eigenvalue weighted by Crippen LogP contribution is 2.32. The lowest BCUT2D eigenvalue weighted by Gasteiger charge is -2.29. The molecule has 2 aromatic carbocycles. The summed E-state index contributed by atoms with van der Waals surface area (Å²) in [6.45, 7) is 3.54. The SMILES string of the molecule is Cc1c(C(=O)NCC(c2c(F)cccc2Cl)N2CCCC2)cnn1-c1ccccc1F. The Bertz CT molecular complexity index is 1070. The molecular weight excluding hydrogens is 422 g/mol. The van der Waals surface area contributed by atoms with Crippen LogP contribution >= 0.6 is 11.6 Å². The fraction of sp³-hybridized carbons (Fsp3) is 0.304. The highest BCUT2D eigenvalue weighted by Gasteiger charge is 2.28. The molecular formula is C23H23ClF2N4O.